The number of benzene rings is 2. The van der Waals surface area contributed by atoms with Gasteiger partial charge in [-0.2, -0.15) is 0 Å². The Morgan fingerprint density at radius 1 is 1.00 bits per heavy atom. The van der Waals surface area contributed by atoms with Crippen LogP contribution in [0.15, 0.2) is 59.5 Å². The van der Waals surface area contributed by atoms with E-state index in [2.05, 4.69) is 18.2 Å². The van der Waals surface area contributed by atoms with E-state index in [0.717, 1.165) is 9.77 Å². The lowest BCUT2D eigenvalue weighted by Crippen LogP contribution is -2.14. The van der Waals surface area contributed by atoms with Gasteiger partial charge in [0.15, 0.2) is 5.44 Å². The highest BCUT2D eigenvalue weighted by Gasteiger charge is 2.28. The van der Waals surface area contributed by atoms with Crippen molar-refractivity contribution < 1.29 is 9.53 Å². The molecule has 2 nitrogen and oxygen atoms in total. The summed E-state index contributed by atoms with van der Waals surface area (Å²) < 4.78 is 6.78. The van der Waals surface area contributed by atoms with E-state index in [1.165, 1.54) is 10.1 Å². The summed E-state index contributed by atoms with van der Waals surface area (Å²) in [6, 6.07) is 17.9. The molecule has 0 radical (unpaired) electrons. The van der Waals surface area contributed by atoms with Crippen molar-refractivity contribution in [3.8, 4) is 0 Å². The molecular weight excluding hydrogens is 288 g/mol. The van der Waals surface area contributed by atoms with E-state index in [9.17, 15) is 4.79 Å². The summed E-state index contributed by atoms with van der Waals surface area (Å²) in [6.07, 6.45) is 0. The maximum atomic E-state index is 12.1. The van der Waals surface area contributed by atoms with Crippen LogP contribution in [0.1, 0.15) is 20.7 Å². The Kier molecular flexibility index (Phi) is 2.79. The van der Waals surface area contributed by atoms with Gasteiger partial charge in [0.2, 0.25) is 0 Å². The van der Waals surface area contributed by atoms with E-state index in [-0.39, 0.29) is 11.4 Å². The number of fused-ring (bicyclic) bond motifs is 2. The van der Waals surface area contributed by atoms with Crippen LogP contribution in [0, 0.1) is 0 Å². The summed E-state index contributed by atoms with van der Waals surface area (Å²) in [5.41, 5.74) is 0.421. The van der Waals surface area contributed by atoms with Crippen LogP contribution in [0.25, 0.3) is 10.1 Å². The molecule has 1 aliphatic heterocycles. The fourth-order valence-electron chi connectivity index (χ4n) is 2.27. The van der Waals surface area contributed by atoms with E-state index < -0.39 is 0 Å². The molecule has 1 aliphatic rings. The van der Waals surface area contributed by atoms with Gasteiger partial charge in [0, 0.05) is 9.60 Å². The number of cyclic esters (lactones) is 1. The van der Waals surface area contributed by atoms with E-state index in [0.29, 0.717) is 5.56 Å². The summed E-state index contributed by atoms with van der Waals surface area (Å²) >= 11 is 3.28. The minimum atomic E-state index is -0.241. The Morgan fingerprint density at radius 2 is 1.80 bits per heavy atom. The average Bonchev–Trinajstić information content (AvgIpc) is 2.91. The molecule has 1 atom stereocenters. The van der Waals surface area contributed by atoms with Gasteiger partial charge in [-0.15, -0.1) is 11.3 Å². The fourth-order valence-corrected chi connectivity index (χ4v) is 4.52. The van der Waals surface area contributed by atoms with Crippen LogP contribution >= 0.6 is 23.1 Å². The highest BCUT2D eigenvalue weighted by molar-refractivity contribution is 7.99. The van der Waals surface area contributed by atoms with E-state index in [1.807, 2.05) is 36.4 Å². The zero-order valence-corrected chi connectivity index (χ0v) is 12.0. The van der Waals surface area contributed by atoms with Crippen molar-refractivity contribution in [3.05, 3.63) is 65.0 Å². The largest absolute Gasteiger partial charge is 0.441 e. The van der Waals surface area contributed by atoms with Crippen molar-refractivity contribution in [2.24, 2.45) is 0 Å². The molecule has 0 aliphatic carbocycles. The van der Waals surface area contributed by atoms with Crippen LogP contribution in [-0.2, 0) is 4.74 Å². The number of thiophene rings is 1. The van der Waals surface area contributed by atoms with Gasteiger partial charge in [-0.3, -0.25) is 0 Å². The topological polar surface area (TPSA) is 26.3 Å². The lowest BCUT2D eigenvalue weighted by Gasteiger charge is -2.22. The molecule has 1 aromatic heterocycles. The van der Waals surface area contributed by atoms with E-state index in [1.54, 1.807) is 23.1 Å². The number of ether oxygens (including phenoxy) is 1. The Labute approximate surface area is 124 Å². The molecule has 4 rings (SSSR count). The Morgan fingerprint density at radius 3 is 2.70 bits per heavy atom. The number of esters is 1. The average molecular weight is 298 g/mol. The molecule has 2 aromatic carbocycles. The van der Waals surface area contributed by atoms with Gasteiger partial charge in [0.25, 0.3) is 0 Å². The van der Waals surface area contributed by atoms with Crippen molar-refractivity contribution in [2.75, 3.05) is 0 Å². The molecule has 0 N–H and O–H groups in total. The third-order valence-electron chi connectivity index (χ3n) is 3.23. The van der Waals surface area contributed by atoms with Crippen molar-refractivity contribution in [1.82, 2.24) is 0 Å². The van der Waals surface area contributed by atoms with Crippen molar-refractivity contribution in [3.63, 3.8) is 0 Å². The van der Waals surface area contributed by atoms with E-state index >= 15 is 0 Å². The number of carbonyl (C=O) groups excluding carboxylic acids is 1. The Bertz CT molecular complexity index is 774. The molecular formula is C16H10O2S2. The molecule has 20 heavy (non-hydrogen) atoms. The van der Waals surface area contributed by atoms with Gasteiger partial charge in [0.05, 0.1) is 10.4 Å². The molecule has 0 amide bonds. The normalized spacial score (nSPS) is 17.8. The molecule has 3 aromatic rings. The van der Waals surface area contributed by atoms with Crippen LogP contribution in [0.4, 0.5) is 0 Å². The minimum absolute atomic E-state index is 0.234. The van der Waals surface area contributed by atoms with Crippen LogP contribution in [-0.4, -0.2) is 5.97 Å². The number of rotatable bonds is 1. The monoisotopic (exact) mass is 298 g/mol. The first-order valence-corrected chi connectivity index (χ1v) is 7.96. The number of hydrogen-bond acceptors (Lipinski definition) is 4. The summed E-state index contributed by atoms with van der Waals surface area (Å²) in [5.74, 6) is -0.234. The lowest BCUT2D eigenvalue weighted by atomic mass is 10.2. The second kappa shape index (κ2) is 4.65. The van der Waals surface area contributed by atoms with Gasteiger partial charge in [-0.05, 0) is 29.7 Å². The summed E-state index contributed by atoms with van der Waals surface area (Å²) in [7, 11) is 0. The number of thioether (sulfide) groups is 1. The second-order valence-electron chi connectivity index (χ2n) is 4.54. The second-order valence-corrected chi connectivity index (χ2v) is 6.76. The van der Waals surface area contributed by atoms with Crippen LogP contribution in [0.5, 0.6) is 0 Å². The molecule has 0 saturated heterocycles. The molecule has 1 unspecified atom stereocenters. The lowest BCUT2D eigenvalue weighted by molar-refractivity contribution is 0.0444. The number of carbonyl (C=O) groups is 1. The molecule has 0 fully saturated rings. The van der Waals surface area contributed by atoms with Crippen molar-refractivity contribution in [2.45, 2.75) is 10.3 Å². The van der Waals surface area contributed by atoms with Gasteiger partial charge in [-0.1, -0.05) is 42.1 Å². The Balaban J connectivity index is 1.75. The van der Waals surface area contributed by atoms with Crippen LogP contribution in [0.2, 0.25) is 0 Å². The van der Waals surface area contributed by atoms with Gasteiger partial charge in [-0.25, -0.2) is 4.79 Å². The molecule has 0 bridgehead atoms. The third-order valence-corrected chi connectivity index (χ3v) is 5.71. The summed E-state index contributed by atoms with van der Waals surface area (Å²) in [5, 5.41) is 1.20. The van der Waals surface area contributed by atoms with Crippen molar-refractivity contribution >= 4 is 39.2 Å². The predicted molar refractivity (Wildman–Crippen MR) is 82.3 cm³/mol. The maximum absolute atomic E-state index is 12.1. The van der Waals surface area contributed by atoms with Gasteiger partial charge >= 0.3 is 5.97 Å². The van der Waals surface area contributed by atoms with E-state index in [4.69, 9.17) is 4.74 Å². The summed E-state index contributed by atoms with van der Waals surface area (Å²) in [6.45, 7) is 0. The maximum Gasteiger partial charge on any atom is 0.340 e. The minimum Gasteiger partial charge on any atom is -0.441 e. The van der Waals surface area contributed by atoms with Crippen LogP contribution in [0.3, 0.4) is 0 Å². The van der Waals surface area contributed by atoms with Crippen molar-refractivity contribution in [1.29, 1.82) is 0 Å². The molecule has 98 valence electrons. The first kappa shape index (κ1) is 12.0. The molecule has 2 heterocycles. The van der Waals surface area contributed by atoms with Gasteiger partial charge in [0.1, 0.15) is 0 Å². The Hall–Kier alpha value is -1.78. The zero-order chi connectivity index (χ0) is 13.5. The summed E-state index contributed by atoms with van der Waals surface area (Å²) in [4.78, 5) is 14.1. The highest BCUT2D eigenvalue weighted by atomic mass is 32.2. The first-order valence-electron chi connectivity index (χ1n) is 6.26. The van der Waals surface area contributed by atoms with Gasteiger partial charge < -0.3 is 4.74 Å². The first-order chi connectivity index (χ1) is 9.81. The predicted octanol–water partition coefficient (Wildman–Crippen LogP) is 4.86. The third kappa shape index (κ3) is 1.92. The number of hydrogen-bond donors (Lipinski definition) is 0. The fraction of sp³-hybridized carbons (Fsp3) is 0.0625. The molecule has 0 spiro atoms. The van der Waals surface area contributed by atoms with Crippen LogP contribution < -0.4 is 0 Å². The SMILES string of the molecule is O=C1OC(c2cc3ccccc3s2)Sc2ccccc21. The smallest absolute Gasteiger partial charge is 0.340 e. The zero-order valence-electron chi connectivity index (χ0n) is 10.4. The standard InChI is InChI=1S/C16H10O2S2/c17-15-11-6-2-4-8-13(11)20-16(18-15)14-9-10-5-1-3-7-12(10)19-14/h1-9,16H. The molecule has 0 saturated carbocycles. The molecule has 4 heteroatoms. The quantitative estimate of drug-likeness (QED) is 0.600. The highest BCUT2D eigenvalue weighted by Crippen LogP contribution is 2.45.